The molecule has 0 saturated carbocycles. The van der Waals surface area contributed by atoms with Gasteiger partial charge >= 0.3 is 0 Å². The van der Waals surface area contributed by atoms with E-state index in [0.29, 0.717) is 19.0 Å². The van der Waals surface area contributed by atoms with Crippen LogP contribution in [-0.2, 0) is 13.0 Å². The highest BCUT2D eigenvalue weighted by atomic mass is 127. The van der Waals surface area contributed by atoms with E-state index in [-0.39, 0.29) is 36.1 Å². The molecule has 0 atom stereocenters. The Morgan fingerprint density at radius 1 is 1.04 bits per heavy atom. The molecule has 0 saturated heterocycles. The normalized spacial score (nSPS) is 10.9. The Labute approximate surface area is 158 Å². The zero-order chi connectivity index (χ0) is 16.5. The third-order valence-electron chi connectivity index (χ3n) is 3.31. The first-order chi connectivity index (χ1) is 11.2. The summed E-state index contributed by atoms with van der Waals surface area (Å²) in [5.74, 6) is -0.319. The van der Waals surface area contributed by atoms with E-state index >= 15 is 0 Å². The van der Waals surface area contributed by atoms with Crippen LogP contribution in [0, 0.1) is 11.6 Å². The van der Waals surface area contributed by atoms with Crippen molar-refractivity contribution in [1.29, 1.82) is 0 Å². The van der Waals surface area contributed by atoms with Crippen molar-refractivity contribution in [2.24, 2.45) is 4.99 Å². The maximum Gasteiger partial charge on any atom is 0.191 e. The second-order valence-electron chi connectivity index (χ2n) is 5.09. The molecule has 0 bridgehead atoms. The van der Waals surface area contributed by atoms with Gasteiger partial charge in [0.25, 0.3) is 0 Å². The van der Waals surface area contributed by atoms with Crippen molar-refractivity contribution in [3.8, 4) is 0 Å². The fraction of sp³-hybridized carbons (Fsp3) is 0.278. The van der Waals surface area contributed by atoms with Gasteiger partial charge in [-0.2, -0.15) is 0 Å². The Morgan fingerprint density at radius 2 is 1.79 bits per heavy atom. The molecule has 0 radical (unpaired) electrons. The summed E-state index contributed by atoms with van der Waals surface area (Å²) in [6.07, 6.45) is 0.861. The predicted molar refractivity (Wildman–Crippen MR) is 105 cm³/mol. The first kappa shape index (κ1) is 20.3. The highest BCUT2D eigenvalue weighted by Crippen LogP contribution is 2.10. The van der Waals surface area contributed by atoms with Gasteiger partial charge in [0.15, 0.2) is 5.96 Å². The molecule has 0 aliphatic rings. The summed E-state index contributed by atoms with van der Waals surface area (Å²) in [5.41, 5.74) is 1.47. The van der Waals surface area contributed by atoms with Crippen molar-refractivity contribution in [3.63, 3.8) is 0 Å². The number of hydrogen-bond acceptors (Lipinski definition) is 1. The lowest BCUT2D eigenvalue weighted by Crippen LogP contribution is -2.38. The van der Waals surface area contributed by atoms with Crippen LogP contribution in [0.3, 0.4) is 0 Å². The van der Waals surface area contributed by atoms with E-state index in [1.54, 1.807) is 0 Å². The van der Waals surface area contributed by atoms with Crippen LogP contribution in [0.1, 0.15) is 18.1 Å². The Kier molecular flexibility index (Phi) is 9.29. The molecule has 0 aliphatic heterocycles. The second kappa shape index (κ2) is 11.0. The molecule has 2 aromatic rings. The highest BCUT2D eigenvalue weighted by Gasteiger charge is 2.04. The minimum Gasteiger partial charge on any atom is -0.357 e. The molecular formula is C18H22F2IN3. The summed E-state index contributed by atoms with van der Waals surface area (Å²) >= 11 is 0. The predicted octanol–water partition coefficient (Wildman–Crippen LogP) is 3.88. The molecule has 3 nitrogen and oxygen atoms in total. The van der Waals surface area contributed by atoms with Crippen LogP contribution >= 0.6 is 24.0 Å². The lowest BCUT2D eigenvalue weighted by atomic mass is 10.1. The number of nitrogens with one attached hydrogen (secondary N) is 2. The quantitative estimate of drug-likeness (QED) is 0.403. The second-order valence-corrected chi connectivity index (χ2v) is 5.09. The van der Waals surface area contributed by atoms with Crippen molar-refractivity contribution in [3.05, 3.63) is 71.3 Å². The molecule has 0 spiro atoms. The molecule has 2 N–H and O–H groups in total. The van der Waals surface area contributed by atoms with Gasteiger partial charge < -0.3 is 10.6 Å². The van der Waals surface area contributed by atoms with E-state index in [9.17, 15) is 8.78 Å². The number of guanidine groups is 1. The summed E-state index contributed by atoms with van der Waals surface area (Å²) in [6, 6.07) is 13.5. The van der Waals surface area contributed by atoms with Gasteiger partial charge in [-0.25, -0.2) is 13.8 Å². The third kappa shape index (κ3) is 6.82. The molecule has 0 fully saturated rings. The number of rotatable bonds is 6. The van der Waals surface area contributed by atoms with E-state index in [2.05, 4.69) is 27.8 Å². The van der Waals surface area contributed by atoms with E-state index in [1.165, 1.54) is 11.6 Å². The van der Waals surface area contributed by atoms with Gasteiger partial charge in [0.1, 0.15) is 11.6 Å². The van der Waals surface area contributed by atoms with Crippen LogP contribution in [0.2, 0.25) is 0 Å². The number of nitrogens with zero attached hydrogens (tertiary/aromatic N) is 1. The first-order valence-corrected chi connectivity index (χ1v) is 7.69. The van der Waals surface area contributed by atoms with E-state index in [4.69, 9.17) is 0 Å². The molecule has 0 aliphatic carbocycles. The summed E-state index contributed by atoms with van der Waals surface area (Å²) in [7, 11) is 0. The Morgan fingerprint density at radius 3 is 2.50 bits per heavy atom. The van der Waals surface area contributed by atoms with Crippen LogP contribution in [0.4, 0.5) is 8.78 Å². The SMILES string of the molecule is CCNC(=NCc1cc(F)ccc1F)NCCc1ccccc1.I. The number of benzene rings is 2. The largest absolute Gasteiger partial charge is 0.357 e. The lowest BCUT2D eigenvalue weighted by molar-refractivity contribution is 0.585. The maximum absolute atomic E-state index is 13.6. The lowest BCUT2D eigenvalue weighted by Gasteiger charge is -2.11. The van der Waals surface area contributed by atoms with E-state index < -0.39 is 11.6 Å². The maximum atomic E-state index is 13.6. The summed E-state index contributed by atoms with van der Waals surface area (Å²) < 4.78 is 26.8. The average Bonchev–Trinajstić information content (AvgIpc) is 2.56. The van der Waals surface area contributed by atoms with Crippen LogP contribution < -0.4 is 10.6 Å². The van der Waals surface area contributed by atoms with Crippen LogP contribution in [0.25, 0.3) is 0 Å². The zero-order valence-electron chi connectivity index (χ0n) is 13.6. The monoisotopic (exact) mass is 445 g/mol. The van der Waals surface area contributed by atoms with Crippen molar-refractivity contribution < 1.29 is 8.78 Å². The van der Waals surface area contributed by atoms with Gasteiger partial charge in [-0.1, -0.05) is 30.3 Å². The molecule has 6 heteroatoms. The van der Waals surface area contributed by atoms with Gasteiger partial charge in [-0.05, 0) is 37.1 Å². The van der Waals surface area contributed by atoms with Gasteiger partial charge in [0.05, 0.1) is 6.54 Å². The first-order valence-electron chi connectivity index (χ1n) is 7.69. The minimum atomic E-state index is -0.460. The number of hydrogen-bond donors (Lipinski definition) is 2. The Hall–Kier alpha value is -1.70. The number of halogens is 3. The van der Waals surface area contributed by atoms with E-state index in [0.717, 1.165) is 18.6 Å². The fourth-order valence-corrected chi connectivity index (χ4v) is 2.14. The van der Waals surface area contributed by atoms with Crippen LogP contribution in [0.15, 0.2) is 53.5 Å². The standard InChI is InChI=1S/C18H21F2N3.HI/c1-2-21-18(22-11-10-14-6-4-3-5-7-14)23-13-15-12-16(19)8-9-17(15)20;/h3-9,12H,2,10-11,13H2,1H3,(H2,21,22,23);1H. The molecule has 2 rings (SSSR count). The van der Waals surface area contributed by atoms with Crippen molar-refractivity contribution in [2.45, 2.75) is 19.9 Å². The molecule has 24 heavy (non-hydrogen) atoms. The van der Waals surface area contributed by atoms with Crippen LogP contribution in [0.5, 0.6) is 0 Å². The van der Waals surface area contributed by atoms with Crippen LogP contribution in [-0.4, -0.2) is 19.0 Å². The Balaban J connectivity index is 0.00000288. The molecule has 130 valence electrons. The van der Waals surface area contributed by atoms with Crippen molar-refractivity contribution >= 4 is 29.9 Å². The minimum absolute atomic E-state index is 0. The third-order valence-corrected chi connectivity index (χ3v) is 3.31. The molecule has 0 aromatic heterocycles. The summed E-state index contributed by atoms with van der Waals surface area (Å²) in [4.78, 5) is 4.30. The van der Waals surface area contributed by atoms with Gasteiger partial charge in [-0.15, -0.1) is 24.0 Å². The van der Waals surface area contributed by atoms with E-state index in [1.807, 2.05) is 25.1 Å². The topological polar surface area (TPSA) is 36.4 Å². The highest BCUT2D eigenvalue weighted by molar-refractivity contribution is 14.0. The molecule has 2 aromatic carbocycles. The number of aliphatic imine (C=N–C) groups is 1. The Bertz CT molecular complexity index is 648. The summed E-state index contributed by atoms with van der Waals surface area (Å²) in [5, 5.41) is 6.29. The smallest absolute Gasteiger partial charge is 0.191 e. The molecular weight excluding hydrogens is 423 g/mol. The molecule has 0 amide bonds. The zero-order valence-corrected chi connectivity index (χ0v) is 15.9. The van der Waals surface area contributed by atoms with Gasteiger partial charge in [-0.3, -0.25) is 0 Å². The van der Waals surface area contributed by atoms with Gasteiger partial charge in [0.2, 0.25) is 0 Å². The molecule has 0 unspecified atom stereocenters. The fourth-order valence-electron chi connectivity index (χ4n) is 2.14. The van der Waals surface area contributed by atoms with Crippen molar-refractivity contribution in [1.82, 2.24) is 10.6 Å². The van der Waals surface area contributed by atoms with Gasteiger partial charge in [0, 0.05) is 18.7 Å². The summed E-state index contributed by atoms with van der Waals surface area (Å²) in [6.45, 7) is 3.45. The molecule has 0 heterocycles. The average molecular weight is 445 g/mol. The van der Waals surface area contributed by atoms with Crippen molar-refractivity contribution in [2.75, 3.05) is 13.1 Å².